The largest absolute Gasteiger partial charge is 0.379 e. The van der Waals surface area contributed by atoms with E-state index in [1.54, 1.807) is 50.5 Å². The lowest BCUT2D eigenvalue weighted by Crippen LogP contribution is -2.40. The van der Waals surface area contributed by atoms with Crippen LogP contribution in [0.4, 0.5) is 5.69 Å². The third kappa shape index (κ3) is 5.64. The first kappa shape index (κ1) is 24.7. The summed E-state index contributed by atoms with van der Waals surface area (Å²) in [5.41, 5.74) is 2.39. The summed E-state index contributed by atoms with van der Waals surface area (Å²) < 4.78 is 32.8. The highest BCUT2D eigenvalue weighted by molar-refractivity contribution is 7.89. The molecule has 1 amide bonds. The highest BCUT2D eigenvalue weighted by Crippen LogP contribution is 2.24. The van der Waals surface area contributed by atoms with Gasteiger partial charge in [0.2, 0.25) is 15.9 Å². The average molecular weight is 498 g/mol. The van der Waals surface area contributed by atoms with Gasteiger partial charge in [0, 0.05) is 54.4 Å². The Bertz CT molecular complexity index is 1380. The Hall–Kier alpha value is -3.41. The number of ether oxygens (including phenoxy) is 1. The van der Waals surface area contributed by atoms with Crippen molar-refractivity contribution in [2.75, 3.05) is 31.6 Å². The number of hydrogen-bond acceptors (Lipinski definition) is 7. The topological polar surface area (TPSA) is 134 Å². The molecule has 35 heavy (non-hydrogen) atoms. The van der Waals surface area contributed by atoms with E-state index < -0.39 is 10.0 Å². The van der Waals surface area contributed by atoms with Gasteiger partial charge in [0.25, 0.3) is 5.56 Å². The average Bonchev–Trinajstić information content (AvgIpc) is 2.85. The zero-order valence-corrected chi connectivity index (χ0v) is 20.4. The molecular formula is C24H27N5O5S. The molecule has 2 N–H and O–H groups in total. The molecule has 0 atom stereocenters. The van der Waals surface area contributed by atoms with E-state index in [9.17, 15) is 18.0 Å². The molecule has 0 aliphatic carbocycles. The highest BCUT2D eigenvalue weighted by Gasteiger charge is 2.28. The van der Waals surface area contributed by atoms with Crippen LogP contribution >= 0.6 is 0 Å². The molecular weight excluding hydrogens is 470 g/mol. The van der Waals surface area contributed by atoms with Gasteiger partial charge in [-0.25, -0.2) is 13.4 Å². The SMILES string of the molecule is Cc1ccc(NC(=O)CCc2c(C)nc(-c3ccncc3)[nH]c2=O)cc1S(=O)(=O)N1CCOCC1. The molecule has 1 aliphatic heterocycles. The van der Waals surface area contributed by atoms with E-state index in [2.05, 4.69) is 20.3 Å². The first-order valence-corrected chi connectivity index (χ1v) is 12.7. The zero-order chi connectivity index (χ0) is 25.0. The van der Waals surface area contributed by atoms with Gasteiger partial charge in [0.15, 0.2) is 0 Å². The van der Waals surface area contributed by atoms with E-state index >= 15 is 0 Å². The quantitative estimate of drug-likeness (QED) is 0.510. The van der Waals surface area contributed by atoms with Crippen molar-refractivity contribution >= 4 is 21.6 Å². The molecule has 184 valence electrons. The lowest BCUT2D eigenvalue weighted by atomic mass is 10.1. The van der Waals surface area contributed by atoms with Gasteiger partial charge in [-0.05, 0) is 50.1 Å². The van der Waals surface area contributed by atoms with Crippen LogP contribution in [0.2, 0.25) is 0 Å². The minimum atomic E-state index is -3.70. The molecule has 3 heterocycles. The van der Waals surface area contributed by atoms with Crippen LogP contribution in [-0.4, -0.2) is 59.9 Å². The molecule has 1 fully saturated rings. The maximum absolute atomic E-state index is 13.1. The minimum absolute atomic E-state index is 0.0413. The number of carbonyl (C=O) groups excluding carboxylic acids is 1. The van der Waals surface area contributed by atoms with Crippen molar-refractivity contribution in [1.82, 2.24) is 19.3 Å². The van der Waals surface area contributed by atoms with Crippen LogP contribution in [0.5, 0.6) is 0 Å². The third-order valence-corrected chi connectivity index (χ3v) is 7.88. The molecule has 0 saturated carbocycles. The molecule has 0 spiro atoms. The molecule has 1 saturated heterocycles. The van der Waals surface area contributed by atoms with Crippen molar-refractivity contribution in [3.8, 4) is 11.4 Å². The van der Waals surface area contributed by atoms with Gasteiger partial charge in [-0.1, -0.05) is 6.07 Å². The predicted molar refractivity (Wildman–Crippen MR) is 131 cm³/mol. The van der Waals surface area contributed by atoms with E-state index in [-0.39, 0.29) is 29.2 Å². The number of pyridine rings is 1. The number of carbonyl (C=O) groups is 1. The Morgan fingerprint density at radius 3 is 2.54 bits per heavy atom. The lowest BCUT2D eigenvalue weighted by molar-refractivity contribution is -0.116. The van der Waals surface area contributed by atoms with Gasteiger partial charge in [0.1, 0.15) is 5.82 Å². The summed E-state index contributed by atoms with van der Waals surface area (Å²) in [5, 5.41) is 2.74. The molecule has 11 heteroatoms. The number of H-pyrrole nitrogens is 1. The summed E-state index contributed by atoms with van der Waals surface area (Å²) in [6.07, 6.45) is 3.47. The molecule has 0 unspecified atom stereocenters. The second-order valence-electron chi connectivity index (χ2n) is 8.26. The fourth-order valence-corrected chi connectivity index (χ4v) is 5.55. The van der Waals surface area contributed by atoms with Crippen molar-refractivity contribution in [1.29, 1.82) is 0 Å². The van der Waals surface area contributed by atoms with Crippen LogP contribution in [0.3, 0.4) is 0 Å². The molecule has 1 aromatic carbocycles. The molecule has 3 aromatic rings. The van der Waals surface area contributed by atoms with Crippen LogP contribution in [0.15, 0.2) is 52.4 Å². The number of rotatable bonds is 7. The van der Waals surface area contributed by atoms with E-state index in [1.807, 2.05) is 0 Å². The van der Waals surface area contributed by atoms with Crippen LogP contribution < -0.4 is 10.9 Å². The maximum Gasteiger partial charge on any atom is 0.254 e. The van der Waals surface area contributed by atoms with Gasteiger partial charge >= 0.3 is 0 Å². The van der Waals surface area contributed by atoms with Crippen molar-refractivity contribution in [3.05, 3.63) is 69.9 Å². The molecule has 2 aromatic heterocycles. The third-order valence-electron chi connectivity index (χ3n) is 5.84. The summed E-state index contributed by atoms with van der Waals surface area (Å²) in [6.45, 7) is 4.74. The number of aromatic amines is 1. The zero-order valence-electron chi connectivity index (χ0n) is 19.6. The number of anilines is 1. The fraction of sp³-hybridized carbons (Fsp3) is 0.333. The Labute approximate surface area is 203 Å². The Morgan fingerprint density at radius 2 is 1.86 bits per heavy atom. The normalized spacial score (nSPS) is 14.6. The first-order valence-electron chi connectivity index (χ1n) is 11.2. The molecule has 1 aliphatic rings. The summed E-state index contributed by atoms with van der Waals surface area (Å²) in [4.78, 5) is 36.6. The molecule has 4 rings (SSSR count). The fourth-order valence-electron chi connectivity index (χ4n) is 3.90. The van der Waals surface area contributed by atoms with E-state index in [0.29, 0.717) is 54.6 Å². The van der Waals surface area contributed by atoms with Gasteiger partial charge in [-0.2, -0.15) is 4.31 Å². The van der Waals surface area contributed by atoms with E-state index in [1.165, 1.54) is 10.4 Å². The number of sulfonamides is 1. The van der Waals surface area contributed by atoms with Gasteiger partial charge < -0.3 is 15.0 Å². The maximum atomic E-state index is 13.1. The monoisotopic (exact) mass is 497 g/mol. The number of benzene rings is 1. The Kier molecular flexibility index (Phi) is 7.39. The number of aryl methyl sites for hydroxylation is 2. The molecule has 0 bridgehead atoms. The van der Waals surface area contributed by atoms with Crippen LogP contribution in [0, 0.1) is 13.8 Å². The summed E-state index contributed by atoms with van der Waals surface area (Å²) >= 11 is 0. The lowest BCUT2D eigenvalue weighted by Gasteiger charge is -2.26. The smallest absolute Gasteiger partial charge is 0.254 e. The van der Waals surface area contributed by atoms with Gasteiger partial charge in [0.05, 0.1) is 18.1 Å². The van der Waals surface area contributed by atoms with Crippen LogP contribution in [-0.2, 0) is 26.0 Å². The Morgan fingerprint density at radius 1 is 1.14 bits per heavy atom. The highest BCUT2D eigenvalue weighted by atomic mass is 32.2. The van der Waals surface area contributed by atoms with Gasteiger partial charge in [-0.15, -0.1) is 0 Å². The predicted octanol–water partition coefficient (Wildman–Crippen LogP) is 2.04. The number of nitrogens with zero attached hydrogens (tertiary/aromatic N) is 3. The standard InChI is InChI=1S/C24H27N5O5S/c1-16-3-4-19(15-21(16)35(32,33)29-11-13-34-14-12-29)27-22(30)6-5-20-17(2)26-23(28-24(20)31)18-7-9-25-10-8-18/h3-4,7-10,15H,5-6,11-14H2,1-2H3,(H,27,30)(H,26,28,31). The van der Waals surface area contributed by atoms with E-state index in [4.69, 9.17) is 4.74 Å². The van der Waals surface area contributed by atoms with E-state index in [0.717, 1.165) is 5.56 Å². The minimum Gasteiger partial charge on any atom is -0.379 e. The van der Waals surface area contributed by atoms with Crippen molar-refractivity contribution < 1.29 is 17.9 Å². The number of nitrogens with one attached hydrogen (secondary N) is 2. The van der Waals surface area contributed by atoms with Crippen molar-refractivity contribution in [2.24, 2.45) is 0 Å². The first-order chi connectivity index (χ1) is 16.8. The summed E-state index contributed by atoms with van der Waals surface area (Å²) in [7, 11) is -3.70. The Balaban J connectivity index is 1.45. The van der Waals surface area contributed by atoms with Crippen LogP contribution in [0.1, 0.15) is 23.2 Å². The summed E-state index contributed by atoms with van der Waals surface area (Å²) in [5.74, 6) is 0.109. The van der Waals surface area contributed by atoms with Crippen molar-refractivity contribution in [3.63, 3.8) is 0 Å². The second kappa shape index (κ2) is 10.5. The number of aromatic nitrogens is 3. The van der Waals surface area contributed by atoms with Gasteiger partial charge in [-0.3, -0.25) is 14.6 Å². The molecule has 0 radical (unpaired) electrons. The number of morpholine rings is 1. The number of hydrogen-bond donors (Lipinski definition) is 2. The summed E-state index contributed by atoms with van der Waals surface area (Å²) in [6, 6.07) is 8.30. The molecule has 10 nitrogen and oxygen atoms in total. The second-order valence-corrected chi connectivity index (χ2v) is 10.2. The van der Waals surface area contributed by atoms with Crippen molar-refractivity contribution in [2.45, 2.75) is 31.6 Å². The number of amides is 1. The van der Waals surface area contributed by atoms with Crippen LogP contribution in [0.25, 0.3) is 11.4 Å².